The first-order valence-corrected chi connectivity index (χ1v) is 8.73. The van der Waals surface area contributed by atoms with Crippen LogP contribution in [0, 0.1) is 5.41 Å². The van der Waals surface area contributed by atoms with Crippen molar-refractivity contribution in [3.05, 3.63) is 48.6 Å². The van der Waals surface area contributed by atoms with Crippen LogP contribution in [0.4, 0.5) is 19.2 Å². The molecule has 0 fully saturated rings. The Balaban J connectivity index is 2.53. The molecule has 0 amide bonds. The molecule has 168 valence electrons. The molecule has 31 heavy (non-hydrogen) atoms. The maximum Gasteiger partial charge on any atom is 0.506 e. The van der Waals surface area contributed by atoms with Crippen molar-refractivity contribution in [1.29, 1.82) is 0 Å². The minimum absolute atomic E-state index is 1.03. The van der Waals surface area contributed by atoms with Gasteiger partial charge in [0.15, 0.2) is 11.2 Å². The molecule has 0 spiro atoms. The minimum atomic E-state index is -1.83. The Bertz CT molecular complexity index is 780. The van der Waals surface area contributed by atoms with Crippen molar-refractivity contribution in [2.24, 2.45) is 5.41 Å². The van der Waals surface area contributed by atoms with Gasteiger partial charge in [-0.15, -0.1) is 0 Å². The van der Waals surface area contributed by atoms with Crippen molar-refractivity contribution in [2.75, 3.05) is 0 Å². The van der Waals surface area contributed by atoms with Crippen molar-refractivity contribution in [2.45, 2.75) is 37.3 Å². The first-order chi connectivity index (χ1) is 14.3. The molecule has 0 aliphatic heterocycles. The van der Waals surface area contributed by atoms with E-state index >= 15 is 0 Å². The molecule has 12 heteroatoms. The third-order valence-electron chi connectivity index (χ3n) is 5.07. The van der Waals surface area contributed by atoms with Crippen LogP contribution in [0.1, 0.15) is 13.8 Å². The van der Waals surface area contributed by atoms with E-state index in [4.69, 9.17) is 19.7 Å². The van der Waals surface area contributed by atoms with Crippen LogP contribution in [0.15, 0.2) is 48.6 Å². The van der Waals surface area contributed by atoms with E-state index < -0.39 is 53.4 Å². The number of hydrogen-bond donors (Lipinski definition) is 4. The summed E-state index contributed by atoms with van der Waals surface area (Å²) in [5, 5.41) is 36.2. The van der Waals surface area contributed by atoms with Crippen LogP contribution in [0.2, 0.25) is 0 Å². The Morgan fingerprint density at radius 3 is 1.16 bits per heavy atom. The van der Waals surface area contributed by atoms with E-state index in [0.29, 0.717) is 0 Å². The topological polar surface area (TPSA) is 186 Å². The van der Waals surface area contributed by atoms with Gasteiger partial charge < -0.3 is 39.4 Å². The summed E-state index contributed by atoms with van der Waals surface area (Å²) in [6.45, 7) is 2.91. The molecule has 0 heterocycles. The Kier molecular flexibility index (Phi) is 6.33. The zero-order chi connectivity index (χ0) is 23.4. The van der Waals surface area contributed by atoms with Gasteiger partial charge in [0.1, 0.15) is 12.2 Å². The summed E-state index contributed by atoms with van der Waals surface area (Å²) in [7, 11) is 0. The third kappa shape index (κ3) is 4.79. The second kappa shape index (κ2) is 8.42. The van der Waals surface area contributed by atoms with Gasteiger partial charge >= 0.3 is 24.6 Å². The van der Waals surface area contributed by atoms with Crippen LogP contribution < -0.4 is 0 Å². The lowest BCUT2D eigenvalue weighted by Gasteiger charge is -2.51. The molecule has 0 saturated carbocycles. The highest BCUT2D eigenvalue weighted by molar-refractivity contribution is 5.62. The average molecular weight is 440 g/mol. The second-order valence-corrected chi connectivity index (χ2v) is 7.08. The SMILES string of the molecule is CC(C)(C1(OC(=O)O)C=CC(OC(=O)O)C=C1)C1(OC(=O)O)C=CC(OC(=O)O)C=C1. The summed E-state index contributed by atoms with van der Waals surface area (Å²) in [4.78, 5) is 44.5. The Morgan fingerprint density at radius 2 is 0.935 bits per heavy atom. The van der Waals surface area contributed by atoms with Crippen LogP contribution in [0.25, 0.3) is 0 Å². The van der Waals surface area contributed by atoms with Gasteiger partial charge in [-0.2, -0.15) is 0 Å². The zero-order valence-corrected chi connectivity index (χ0v) is 16.3. The number of ether oxygens (including phenoxy) is 4. The smallest absolute Gasteiger partial charge is 0.450 e. The van der Waals surface area contributed by atoms with E-state index in [1.54, 1.807) is 0 Å². The maximum absolute atomic E-state index is 11.5. The minimum Gasteiger partial charge on any atom is -0.450 e. The Hall–Kier alpha value is -3.96. The van der Waals surface area contributed by atoms with Crippen molar-refractivity contribution >= 4 is 24.6 Å². The van der Waals surface area contributed by atoms with E-state index in [-0.39, 0.29) is 0 Å². The normalized spacial score (nSPS) is 29.1. The molecule has 0 saturated heterocycles. The van der Waals surface area contributed by atoms with Gasteiger partial charge in [-0.1, -0.05) is 13.8 Å². The molecule has 2 aliphatic carbocycles. The fourth-order valence-corrected chi connectivity index (χ4v) is 3.40. The number of rotatable bonds is 6. The molecular weight excluding hydrogens is 420 g/mol. The van der Waals surface area contributed by atoms with E-state index in [9.17, 15) is 29.4 Å². The highest BCUT2D eigenvalue weighted by Gasteiger charge is 2.60. The van der Waals surface area contributed by atoms with Gasteiger partial charge in [-0.05, 0) is 48.6 Å². The summed E-state index contributed by atoms with van der Waals surface area (Å²) < 4.78 is 19.5. The van der Waals surface area contributed by atoms with E-state index in [2.05, 4.69) is 9.47 Å². The van der Waals surface area contributed by atoms with Crippen LogP contribution >= 0.6 is 0 Å². The Morgan fingerprint density at radius 1 is 0.645 bits per heavy atom. The lowest BCUT2D eigenvalue weighted by Crippen LogP contribution is -2.60. The first kappa shape index (κ1) is 23.3. The van der Waals surface area contributed by atoms with Crippen molar-refractivity contribution < 1.29 is 58.6 Å². The summed E-state index contributed by atoms with van der Waals surface area (Å²) in [6.07, 6.45) is 1.29. The fraction of sp³-hybridized carbons (Fsp3) is 0.368. The average Bonchev–Trinajstić information content (AvgIpc) is 2.63. The van der Waals surface area contributed by atoms with E-state index in [1.807, 2.05) is 0 Å². The molecule has 0 aromatic heterocycles. The molecule has 0 aromatic rings. The predicted molar refractivity (Wildman–Crippen MR) is 99.8 cm³/mol. The molecule has 2 aliphatic rings. The van der Waals surface area contributed by atoms with Crippen LogP contribution in [-0.2, 0) is 18.9 Å². The van der Waals surface area contributed by atoms with E-state index in [0.717, 1.165) is 0 Å². The summed E-state index contributed by atoms with van der Waals surface area (Å²) in [6, 6.07) is 0. The van der Waals surface area contributed by atoms with Crippen LogP contribution in [0.3, 0.4) is 0 Å². The molecule has 12 nitrogen and oxygen atoms in total. The number of hydrogen-bond acceptors (Lipinski definition) is 8. The molecule has 0 aromatic carbocycles. The third-order valence-corrected chi connectivity index (χ3v) is 5.07. The lowest BCUT2D eigenvalue weighted by molar-refractivity contribution is -0.114. The maximum atomic E-state index is 11.5. The fourth-order valence-electron chi connectivity index (χ4n) is 3.40. The van der Waals surface area contributed by atoms with Crippen molar-refractivity contribution in [3.8, 4) is 0 Å². The molecule has 0 bridgehead atoms. The molecule has 0 unspecified atom stereocenters. The van der Waals surface area contributed by atoms with Gasteiger partial charge in [0.05, 0.1) is 5.41 Å². The number of carboxylic acid groups (broad SMARTS) is 4. The molecule has 2 rings (SSSR count). The lowest BCUT2D eigenvalue weighted by atomic mass is 9.61. The van der Waals surface area contributed by atoms with Crippen molar-refractivity contribution in [1.82, 2.24) is 0 Å². The molecule has 0 atom stereocenters. The zero-order valence-electron chi connectivity index (χ0n) is 16.3. The van der Waals surface area contributed by atoms with Crippen molar-refractivity contribution in [3.63, 3.8) is 0 Å². The summed E-state index contributed by atoms with van der Waals surface area (Å²) in [5.74, 6) is 0. The monoisotopic (exact) mass is 440 g/mol. The molecular formula is C19H20O12. The highest BCUT2D eigenvalue weighted by atomic mass is 16.7. The van der Waals surface area contributed by atoms with Gasteiger partial charge in [0, 0.05) is 0 Å². The van der Waals surface area contributed by atoms with Gasteiger partial charge in [0.2, 0.25) is 0 Å². The first-order valence-electron chi connectivity index (χ1n) is 8.73. The summed E-state index contributed by atoms with van der Waals surface area (Å²) in [5.41, 5.74) is -5.18. The quantitative estimate of drug-likeness (QED) is 0.269. The molecule has 4 N–H and O–H groups in total. The van der Waals surface area contributed by atoms with Gasteiger partial charge in [-0.25, -0.2) is 19.2 Å². The highest BCUT2D eigenvalue weighted by Crippen LogP contribution is 2.51. The second-order valence-electron chi connectivity index (χ2n) is 7.08. The summed E-state index contributed by atoms with van der Waals surface area (Å²) >= 11 is 0. The molecule has 0 radical (unpaired) electrons. The predicted octanol–water partition coefficient (Wildman–Crippen LogP) is 3.26. The van der Waals surface area contributed by atoms with E-state index in [1.165, 1.54) is 62.5 Å². The van der Waals surface area contributed by atoms with Crippen LogP contribution in [0.5, 0.6) is 0 Å². The Labute approximate surface area is 175 Å². The van der Waals surface area contributed by atoms with Gasteiger partial charge in [0.25, 0.3) is 0 Å². The van der Waals surface area contributed by atoms with Crippen LogP contribution in [-0.4, -0.2) is 68.5 Å². The van der Waals surface area contributed by atoms with Gasteiger partial charge in [-0.3, -0.25) is 0 Å². The largest absolute Gasteiger partial charge is 0.506 e. The number of carbonyl (C=O) groups is 4. The standard InChI is InChI=1S/C19H20O12/c1-17(2,18(30-15(24)25)7-3-11(4-8-18)28-13(20)21)19(31-16(26)27)9-5-12(6-10-19)29-14(22)23/h3-12H,1-2H3,(H,20,21)(H,22,23)(H,24,25)(H,26,27).